The Labute approximate surface area is 165 Å². The molecule has 6 heteroatoms. The molecular formula is C22H25N3O3. The number of benzene rings is 2. The number of piperazine rings is 1. The van der Waals surface area contributed by atoms with E-state index in [1.54, 1.807) is 0 Å². The highest BCUT2D eigenvalue weighted by Crippen LogP contribution is 2.34. The molecule has 0 saturated carbocycles. The Morgan fingerprint density at radius 3 is 2.61 bits per heavy atom. The van der Waals surface area contributed by atoms with E-state index < -0.39 is 0 Å². The SMILES string of the molecule is O=C(CNc1ccc2c(c1)OCO2)N1CCN(C/C=C/c2ccccc2)CC1. The van der Waals surface area contributed by atoms with Crippen LogP contribution in [0.3, 0.4) is 0 Å². The maximum absolute atomic E-state index is 12.5. The predicted molar refractivity (Wildman–Crippen MR) is 110 cm³/mol. The Kier molecular flexibility index (Phi) is 5.77. The van der Waals surface area contributed by atoms with Crippen LogP contribution in [0.2, 0.25) is 0 Å². The van der Waals surface area contributed by atoms with Crippen LogP contribution in [0, 0.1) is 0 Å². The van der Waals surface area contributed by atoms with E-state index in [2.05, 4.69) is 34.5 Å². The largest absolute Gasteiger partial charge is 0.454 e. The van der Waals surface area contributed by atoms with E-state index in [0.29, 0.717) is 0 Å². The fraction of sp³-hybridized carbons (Fsp3) is 0.318. The molecule has 2 aromatic rings. The lowest BCUT2D eigenvalue weighted by Crippen LogP contribution is -2.50. The zero-order chi connectivity index (χ0) is 19.2. The first kappa shape index (κ1) is 18.4. The predicted octanol–water partition coefficient (Wildman–Crippen LogP) is 2.68. The molecule has 1 saturated heterocycles. The summed E-state index contributed by atoms with van der Waals surface area (Å²) in [5, 5.41) is 3.18. The summed E-state index contributed by atoms with van der Waals surface area (Å²) >= 11 is 0. The Morgan fingerprint density at radius 2 is 1.79 bits per heavy atom. The Balaban J connectivity index is 1.19. The molecule has 0 bridgehead atoms. The summed E-state index contributed by atoms with van der Waals surface area (Å²) in [7, 11) is 0. The van der Waals surface area contributed by atoms with Crippen LogP contribution in [0.4, 0.5) is 5.69 Å². The molecule has 2 heterocycles. The number of nitrogens with zero attached hydrogens (tertiary/aromatic N) is 2. The second kappa shape index (κ2) is 8.80. The van der Waals surface area contributed by atoms with Gasteiger partial charge in [-0.1, -0.05) is 42.5 Å². The molecule has 2 aliphatic heterocycles. The van der Waals surface area contributed by atoms with Gasteiger partial charge in [-0.15, -0.1) is 0 Å². The second-order valence-corrected chi connectivity index (χ2v) is 6.92. The van der Waals surface area contributed by atoms with Crippen molar-refractivity contribution in [3.8, 4) is 11.5 Å². The number of amides is 1. The minimum absolute atomic E-state index is 0.122. The van der Waals surface area contributed by atoms with Crippen molar-refractivity contribution in [1.82, 2.24) is 9.80 Å². The highest BCUT2D eigenvalue weighted by atomic mass is 16.7. The Bertz CT molecular complexity index is 830. The number of carbonyl (C=O) groups excluding carboxylic acids is 1. The first-order valence-corrected chi connectivity index (χ1v) is 9.63. The molecule has 1 fully saturated rings. The molecule has 0 radical (unpaired) electrons. The van der Waals surface area contributed by atoms with E-state index in [9.17, 15) is 4.79 Å². The number of nitrogens with one attached hydrogen (secondary N) is 1. The van der Waals surface area contributed by atoms with Gasteiger partial charge in [0, 0.05) is 44.5 Å². The molecule has 0 spiro atoms. The van der Waals surface area contributed by atoms with Crippen molar-refractivity contribution >= 4 is 17.7 Å². The topological polar surface area (TPSA) is 54.0 Å². The average molecular weight is 379 g/mol. The van der Waals surface area contributed by atoms with Crippen molar-refractivity contribution in [3.63, 3.8) is 0 Å². The molecule has 1 N–H and O–H groups in total. The number of hydrogen-bond acceptors (Lipinski definition) is 5. The number of rotatable bonds is 6. The Morgan fingerprint density at radius 1 is 1.00 bits per heavy atom. The lowest BCUT2D eigenvalue weighted by Gasteiger charge is -2.34. The first-order chi connectivity index (χ1) is 13.8. The van der Waals surface area contributed by atoms with Crippen molar-refractivity contribution < 1.29 is 14.3 Å². The summed E-state index contributed by atoms with van der Waals surface area (Å²) in [6.45, 7) is 4.77. The lowest BCUT2D eigenvalue weighted by atomic mass is 10.2. The fourth-order valence-electron chi connectivity index (χ4n) is 3.38. The van der Waals surface area contributed by atoms with E-state index in [0.717, 1.165) is 49.9 Å². The van der Waals surface area contributed by atoms with E-state index >= 15 is 0 Å². The zero-order valence-corrected chi connectivity index (χ0v) is 15.8. The molecule has 0 unspecified atom stereocenters. The maximum atomic E-state index is 12.5. The monoisotopic (exact) mass is 379 g/mol. The summed E-state index contributed by atoms with van der Waals surface area (Å²) in [6, 6.07) is 15.9. The average Bonchev–Trinajstić information content (AvgIpc) is 3.21. The van der Waals surface area contributed by atoms with Gasteiger partial charge in [0.25, 0.3) is 0 Å². The minimum Gasteiger partial charge on any atom is -0.454 e. The van der Waals surface area contributed by atoms with Crippen LogP contribution in [0.1, 0.15) is 5.56 Å². The van der Waals surface area contributed by atoms with Crippen molar-refractivity contribution in [1.29, 1.82) is 0 Å². The molecule has 0 atom stereocenters. The van der Waals surface area contributed by atoms with Gasteiger partial charge >= 0.3 is 0 Å². The molecule has 146 valence electrons. The molecule has 2 aliphatic rings. The van der Waals surface area contributed by atoms with Crippen LogP contribution in [0.5, 0.6) is 11.5 Å². The van der Waals surface area contributed by atoms with Gasteiger partial charge in [-0.25, -0.2) is 0 Å². The van der Waals surface area contributed by atoms with Crippen molar-refractivity contribution in [2.75, 3.05) is 51.4 Å². The maximum Gasteiger partial charge on any atom is 0.241 e. The van der Waals surface area contributed by atoms with E-state index in [-0.39, 0.29) is 19.2 Å². The van der Waals surface area contributed by atoms with Crippen LogP contribution in [-0.2, 0) is 4.79 Å². The number of fused-ring (bicyclic) bond motifs is 1. The summed E-state index contributed by atoms with van der Waals surface area (Å²) in [5.41, 5.74) is 2.08. The van der Waals surface area contributed by atoms with E-state index in [4.69, 9.17) is 9.47 Å². The number of hydrogen-bond donors (Lipinski definition) is 1. The van der Waals surface area contributed by atoms with Gasteiger partial charge in [0.15, 0.2) is 11.5 Å². The molecule has 28 heavy (non-hydrogen) atoms. The van der Waals surface area contributed by atoms with Gasteiger partial charge in [-0.2, -0.15) is 0 Å². The van der Waals surface area contributed by atoms with Gasteiger partial charge in [0.1, 0.15) is 0 Å². The van der Waals surface area contributed by atoms with Gasteiger partial charge in [-0.3, -0.25) is 9.69 Å². The van der Waals surface area contributed by atoms with Crippen LogP contribution in [-0.4, -0.2) is 61.8 Å². The molecule has 6 nitrogen and oxygen atoms in total. The quantitative estimate of drug-likeness (QED) is 0.836. The van der Waals surface area contributed by atoms with Crippen LogP contribution in [0.15, 0.2) is 54.6 Å². The number of anilines is 1. The van der Waals surface area contributed by atoms with Gasteiger partial charge in [0.05, 0.1) is 6.54 Å². The third-order valence-corrected chi connectivity index (χ3v) is 5.01. The zero-order valence-electron chi connectivity index (χ0n) is 15.8. The molecule has 4 rings (SSSR count). The molecular weight excluding hydrogens is 354 g/mol. The normalized spacial score (nSPS) is 16.5. The van der Waals surface area contributed by atoms with Gasteiger partial charge < -0.3 is 19.7 Å². The third kappa shape index (κ3) is 4.64. The third-order valence-electron chi connectivity index (χ3n) is 5.01. The van der Waals surface area contributed by atoms with Crippen molar-refractivity contribution in [2.45, 2.75) is 0 Å². The minimum atomic E-state index is 0.122. The number of carbonyl (C=O) groups is 1. The van der Waals surface area contributed by atoms with Crippen molar-refractivity contribution in [2.24, 2.45) is 0 Å². The van der Waals surface area contributed by atoms with Crippen molar-refractivity contribution in [3.05, 3.63) is 60.2 Å². The summed E-state index contributed by atoms with van der Waals surface area (Å²) in [6.07, 6.45) is 4.33. The summed E-state index contributed by atoms with van der Waals surface area (Å²) < 4.78 is 10.7. The fourth-order valence-corrected chi connectivity index (χ4v) is 3.38. The standard InChI is InChI=1S/C22H25N3O3/c26-22(16-23-19-8-9-20-21(15-19)28-17-27-20)25-13-11-24(12-14-25)10-4-7-18-5-2-1-3-6-18/h1-9,15,23H,10-14,16-17H2/b7-4+. The number of ether oxygens (including phenoxy) is 2. The summed E-state index contributed by atoms with van der Waals surface area (Å²) in [5.74, 6) is 1.58. The molecule has 1 amide bonds. The van der Waals surface area contributed by atoms with Gasteiger partial charge in [0.2, 0.25) is 12.7 Å². The first-order valence-electron chi connectivity index (χ1n) is 9.63. The smallest absolute Gasteiger partial charge is 0.241 e. The summed E-state index contributed by atoms with van der Waals surface area (Å²) in [4.78, 5) is 16.8. The van der Waals surface area contributed by atoms with Gasteiger partial charge in [-0.05, 0) is 17.7 Å². The molecule has 0 aromatic heterocycles. The van der Waals surface area contributed by atoms with E-state index in [1.807, 2.05) is 41.3 Å². The van der Waals surface area contributed by atoms with Crippen LogP contribution in [0.25, 0.3) is 6.08 Å². The highest BCUT2D eigenvalue weighted by molar-refractivity contribution is 5.81. The second-order valence-electron chi connectivity index (χ2n) is 6.92. The lowest BCUT2D eigenvalue weighted by molar-refractivity contribution is -0.130. The Hall–Kier alpha value is -2.99. The molecule has 2 aromatic carbocycles. The van der Waals surface area contributed by atoms with Crippen LogP contribution >= 0.6 is 0 Å². The van der Waals surface area contributed by atoms with E-state index in [1.165, 1.54) is 5.56 Å². The highest BCUT2D eigenvalue weighted by Gasteiger charge is 2.20. The molecule has 0 aliphatic carbocycles. The van der Waals surface area contributed by atoms with Crippen LogP contribution < -0.4 is 14.8 Å².